The Morgan fingerprint density at radius 3 is 2.85 bits per heavy atom. The second-order valence-electron chi connectivity index (χ2n) is 7.97. The Kier molecular flexibility index (Phi) is 4.12. The fourth-order valence-corrected chi connectivity index (χ4v) is 6.64. The third-order valence-electron chi connectivity index (χ3n) is 6.27. The first-order valence-electron chi connectivity index (χ1n) is 9.38. The molecular formula is C18H23FN2O5S. The molecule has 0 radical (unpaired) electrons. The maximum atomic E-state index is 14.5. The molecule has 7 nitrogen and oxygen atoms in total. The lowest BCUT2D eigenvalue weighted by Gasteiger charge is -2.32. The molecular weight excluding hydrogens is 375 g/mol. The number of nitrogens with zero attached hydrogens (tertiary/aromatic N) is 2. The Morgan fingerprint density at radius 1 is 1.22 bits per heavy atom. The average molecular weight is 398 g/mol. The van der Waals surface area contributed by atoms with E-state index in [1.165, 1.54) is 23.2 Å². The van der Waals surface area contributed by atoms with Gasteiger partial charge in [-0.15, -0.1) is 0 Å². The Morgan fingerprint density at radius 2 is 2.04 bits per heavy atom. The number of ether oxygens (including phenoxy) is 3. The van der Waals surface area contributed by atoms with Gasteiger partial charge in [0, 0.05) is 31.0 Å². The highest BCUT2D eigenvalue weighted by Gasteiger charge is 2.55. The molecule has 1 aromatic rings. The number of fused-ring (bicyclic) bond motifs is 2. The van der Waals surface area contributed by atoms with Crippen molar-refractivity contribution in [3.8, 4) is 11.5 Å². The fraction of sp³-hybridized carbons (Fsp3) is 0.667. The number of likely N-dealkylation sites (tertiary alicyclic amines) is 1. The zero-order valence-corrected chi connectivity index (χ0v) is 15.8. The standard InChI is InChI=1S/C18H23FN2O5S/c19-14-3-4-15-16(26-12-25-15)17(14)27(22,23)21-7-13-8-24-11-18(13,10-21)9-20-5-1-2-6-20/h3-4,13H,1-2,5-12H2/t13-,18+/m1/s1. The van der Waals surface area contributed by atoms with Gasteiger partial charge in [0.25, 0.3) is 0 Å². The molecule has 4 aliphatic rings. The first kappa shape index (κ1) is 17.7. The van der Waals surface area contributed by atoms with Crippen LogP contribution in [0.5, 0.6) is 11.5 Å². The van der Waals surface area contributed by atoms with E-state index in [1.807, 2.05) is 0 Å². The molecule has 1 aromatic carbocycles. The van der Waals surface area contributed by atoms with Gasteiger partial charge in [0.15, 0.2) is 16.4 Å². The second-order valence-corrected chi connectivity index (χ2v) is 9.84. The maximum Gasteiger partial charge on any atom is 0.249 e. The van der Waals surface area contributed by atoms with Crippen LogP contribution in [0.15, 0.2) is 17.0 Å². The Bertz CT molecular complexity index is 858. The van der Waals surface area contributed by atoms with Crippen molar-refractivity contribution in [3.63, 3.8) is 0 Å². The highest BCUT2D eigenvalue weighted by molar-refractivity contribution is 7.89. The van der Waals surface area contributed by atoms with E-state index in [9.17, 15) is 12.8 Å². The molecule has 4 aliphatic heterocycles. The number of rotatable bonds is 4. The molecule has 2 atom stereocenters. The van der Waals surface area contributed by atoms with Crippen molar-refractivity contribution in [2.45, 2.75) is 17.7 Å². The van der Waals surface area contributed by atoms with Crippen molar-refractivity contribution in [2.75, 3.05) is 52.7 Å². The minimum Gasteiger partial charge on any atom is -0.454 e. The van der Waals surface area contributed by atoms with E-state index >= 15 is 0 Å². The predicted octanol–water partition coefficient (Wildman–Crippen LogP) is 1.29. The van der Waals surface area contributed by atoms with E-state index < -0.39 is 20.7 Å². The smallest absolute Gasteiger partial charge is 0.249 e. The van der Waals surface area contributed by atoms with Crippen LogP contribution in [0, 0.1) is 17.2 Å². The van der Waals surface area contributed by atoms with Crippen LogP contribution in [0.3, 0.4) is 0 Å². The molecule has 0 spiro atoms. The van der Waals surface area contributed by atoms with Crippen LogP contribution in [-0.2, 0) is 14.8 Å². The summed E-state index contributed by atoms with van der Waals surface area (Å²) in [7, 11) is -4.03. The largest absolute Gasteiger partial charge is 0.454 e. The highest BCUT2D eigenvalue weighted by atomic mass is 32.2. The summed E-state index contributed by atoms with van der Waals surface area (Å²) in [5.41, 5.74) is -0.219. The van der Waals surface area contributed by atoms with Crippen molar-refractivity contribution >= 4 is 10.0 Å². The van der Waals surface area contributed by atoms with Crippen LogP contribution in [0.1, 0.15) is 12.8 Å². The molecule has 4 heterocycles. The van der Waals surface area contributed by atoms with Gasteiger partial charge in [-0.1, -0.05) is 0 Å². The van der Waals surface area contributed by atoms with Crippen LogP contribution in [0.2, 0.25) is 0 Å². The minimum atomic E-state index is -4.03. The summed E-state index contributed by atoms with van der Waals surface area (Å²) in [6.45, 7) is 4.63. The van der Waals surface area contributed by atoms with Gasteiger partial charge in [-0.05, 0) is 38.1 Å². The van der Waals surface area contributed by atoms with E-state index in [2.05, 4.69) is 4.90 Å². The first-order chi connectivity index (χ1) is 13.0. The van der Waals surface area contributed by atoms with Gasteiger partial charge in [-0.25, -0.2) is 12.8 Å². The lowest BCUT2D eigenvalue weighted by molar-refractivity contribution is 0.116. The third-order valence-corrected chi connectivity index (χ3v) is 8.12. The quantitative estimate of drug-likeness (QED) is 0.761. The molecule has 148 valence electrons. The summed E-state index contributed by atoms with van der Waals surface area (Å²) >= 11 is 0. The number of hydrogen-bond donors (Lipinski definition) is 0. The van der Waals surface area contributed by atoms with Gasteiger partial charge >= 0.3 is 0 Å². The zero-order chi connectivity index (χ0) is 18.6. The molecule has 0 amide bonds. The molecule has 3 fully saturated rings. The fourth-order valence-electron chi connectivity index (χ4n) is 4.87. The molecule has 9 heteroatoms. The van der Waals surface area contributed by atoms with Crippen molar-refractivity contribution < 1.29 is 27.0 Å². The predicted molar refractivity (Wildman–Crippen MR) is 93.7 cm³/mol. The van der Waals surface area contributed by atoms with Crippen molar-refractivity contribution in [1.29, 1.82) is 0 Å². The number of sulfonamides is 1. The molecule has 3 saturated heterocycles. The van der Waals surface area contributed by atoms with Crippen molar-refractivity contribution in [3.05, 3.63) is 17.9 Å². The summed E-state index contributed by atoms with van der Waals surface area (Å²) in [5, 5.41) is 0. The van der Waals surface area contributed by atoms with Gasteiger partial charge in [0.1, 0.15) is 5.82 Å². The minimum absolute atomic E-state index is 0.0168. The second kappa shape index (κ2) is 6.30. The monoisotopic (exact) mass is 398 g/mol. The average Bonchev–Trinajstić information content (AvgIpc) is 3.37. The van der Waals surface area contributed by atoms with E-state index in [1.54, 1.807) is 0 Å². The molecule has 0 N–H and O–H groups in total. The molecule has 27 heavy (non-hydrogen) atoms. The number of hydrogen-bond acceptors (Lipinski definition) is 6. The van der Waals surface area contributed by atoms with Gasteiger partial charge < -0.3 is 19.1 Å². The van der Waals surface area contributed by atoms with Crippen molar-refractivity contribution in [1.82, 2.24) is 9.21 Å². The Labute approximate surface area is 158 Å². The van der Waals surface area contributed by atoms with Crippen LogP contribution >= 0.6 is 0 Å². The van der Waals surface area contributed by atoms with E-state index in [0.717, 1.165) is 25.7 Å². The molecule has 0 aromatic heterocycles. The topological polar surface area (TPSA) is 68.3 Å². The van der Waals surface area contributed by atoms with Crippen LogP contribution < -0.4 is 9.47 Å². The first-order valence-corrected chi connectivity index (χ1v) is 10.8. The molecule has 0 unspecified atom stereocenters. The van der Waals surface area contributed by atoms with Gasteiger partial charge in [-0.2, -0.15) is 4.31 Å². The Hall–Kier alpha value is -1.42. The highest BCUT2D eigenvalue weighted by Crippen LogP contribution is 2.47. The van der Waals surface area contributed by atoms with Gasteiger partial charge in [0.2, 0.25) is 16.8 Å². The lowest BCUT2D eigenvalue weighted by atomic mass is 9.80. The summed E-state index contributed by atoms with van der Waals surface area (Å²) in [6, 6.07) is 2.53. The molecule has 5 rings (SSSR count). The van der Waals surface area contributed by atoms with Crippen LogP contribution in [0.4, 0.5) is 4.39 Å². The third kappa shape index (κ3) is 2.74. The molecule has 0 aliphatic carbocycles. The summed E-state index contributed by atoms with van der Waals surface area (Å²) in [4.78, 5) is 1.99. The summed E-state index contributed by atoms with van der Waals surface area (Å²) < 4.78 is 58.8. The SMILES string of the molecule is O=S(=O)(c1c(F)ccc2c1OCO2)N1C[C@@H]2COC[C@]2(CN2CCCC2)C1. The van der Waals surface area contributed by atoms with Gasteiger partial charge in [-0.3, -0.25) is 0 Å². The summed E-state index contributed by atoms with van der Waals surface area (Å²) in [5.74, 6) is -0.424. The van der Waals surface area contributed by atoms with E-state index in [4.69, 9.17) is 14.2 Å². The number of halogens is 1. The van der Waals surface area contributed by atoms with Crippen LogP contribution in [0.25, 0.3) is 0 Å². The van der Waals surface area contributed by atoms with Gasteiger partial charge in [0.05, 0.1) is 13.2 Å². The molecule has 0 bridgehead atoms. The molecule has 0 saturated carbocycles. The Balaban J connectivity index is 1.46. The zero-order valence-electron chi connectivity index (χ0n) is 15.0. The lowest BCUT2D eigenvalue weighted by Crippen LogP contribution is -2.42. The normalized spacial score (nSPS) is 30.9. The van der Waals surface area contributed by atoms with E-state index in [0.29, 0.717) is 26.3 Å². The van der Waals surface area contributed by atoms with Crippen LogP contribution in [-0.4, -0.2) is 70.4 Å². The maximum absolute atomic E-state index is 14.5. The van der Waals surface area contributed by atoms with Crippen molar-refractivity contribution in [2.24, 2.45) is 11.3 Å². The number of benzene rings is 1. The van der Waals surface area contributed by atoms with E-state index in [-0.39, 0.29) is 29.6 Å². The summed E-state index contributed by atoms with van der Waals surface area (Å²) in [6.07, 6.45) is 2.37.